The minimum Gasteiger partial charge on any atom is -0.357 e. The highest BCUT2D eigenvalue weighted by molar-refractivity contribution is 14.0. The number of guanidine groups is 1. The first-order valence-electron chi connectivity index (χ1n) is 7.96. The monoisotopic (exact) mass is 457 g/mol. The van der Waals surface area contributed by atoms with Gasteiger partial charge in [0.05, 0.1) is 6.54 Å². The van der Waals surface area contributed by atoms with Crippen LogP contribution in [0, 0.1) is 0 Å². The van der Waals surface area contributed by atoms with E-state index in [9.17, 15) is 8.78 Å². The molecule has 2 heterocycles. The molecule has 24 heavy (non-hydrogen) atoms. The smallest absolute Gasteiger partial charge is 0.251 e. The zero-order chi connectivity index (χ0) is 16.7. The molecule has 0 radical (unpaired) electrons. The summed E-state index contributed by atoms with van der Waals surface area (Å²) < 4.78 is 26.5. The molecular weight excluding hydrogens is 431 g/mol. The van der Waals surface area contributed by atoms with Crippen LogP contribution in [0.15, 0.2) is 11.3 Å². The van der Waals surface area contributed by atoms with E-state index in [4.69, 9.17) is 0 Å². The maximum Gasteiger partial charge on any atom is 0.251 e. The van der Waals surface area contributed by atoms with Crippen LogP contribution in [-0.2, 0) is 13.6 Å². The van der Waals surface area contributed by atoms with Crippen molar-refractivity contribution in [2.75, 3.05) is 26.2 Å². The maximum absolute atomic E-state index is 12.4. The first-order valence-corrected chi connectivity index (χ1v) is 7.96. The van der Waals surface area contributed by atoms with Gasteiger partial charge < -0.3 is 10.6 Å². The molecule has 2 rings (SSSR count). The quantitative estimate of drug-likeness (QED) is 0.382. The van der Waals surface area contributed by atoms with E-state index in [1.807, 2.05) is 18.9 Å². The van der Waals surface area contributed by atoms with Crippen LogP contribution in [0.1, 0.15) is 25.6 Å². The van der Waals surface area contributed by atoms with Gasteiger partial charge in [-0.2, -0.15) is 5.10 Å². The summed E-state index contributed by atoms with van der Waals surface area (Å²) in [7, 11) is 1.83. The van der Waals surface area contributed by atoms with Crippen molar-refractivity contribution < 1.29 is 8.78 Å². The third-order valence-corrected chi connectivity index (χ3v) is 3.85. The third kappa shape index (κ3) is 6.83. The molecule has 0 unspecified atom stereocenters. The van der Waals surface area contributed by atoms with Crippen molar-refractivity contribution in [3.05, 3.63) is 12.2 Å². The first kappa shape index (κ1) is 21.0. The van der Waals surface area contributed by atoms with Gasteiger partial charge in [0.1, 0.15) is 18.7 Å². The Bertz CT molecular complexity index is 501. The Morgan fingerprint density at radius 1 is 1.42 bits per heavy atom. The number of aliphatic imine (C=N–C) groups is 1. The number of aryl methyl sites for hydroxylation is 1. The van der Waals surface area contributed by atoms with Crippen molar-refractivity contribution in [1.29, 1.82) is 0 Å². The second kappa shape index (κ2) is 10.7. The second-order valence-corrected chi connectivity index (χ2v) is 5.61. The fourth-order valence-corrected chi connectivity index (χ4v) is 2.58. The van der Waals surface area contributed by atoms with Gasteiger partial charge in [-0.05, 0) is 19.8 Å². The fourth-order valence-electron chi connectivity index (χ4n) is 2.58. The number of alkyl halides is 2. The van der Waals surface area contributed by atoms with Crippen LogP contribution in [0.4, 0.5) is 8.78 Å². The van der Waals surface area contributed by atoms with Crippen LogP contribution < -0.4 is 10.6 Å². The Balaban J connectivity index is 0.00000288. The summed E-state index contributed by atoms with van der Waals surface area (Å²) in [5, 5.41) is 10.6. The summed E-state index contributed by atoms with van der Waals surface area (Å²) in [6, 6.07) is 0.251. The maximum atomic E-state index is 12.4. The SMILES string of the molecule is CCNC(=NCc1ncnn1C)NC1CCN(CC(F)F)CC1.I. The van der Waals surface area contributed by atoms with Crippen LogP contribution in [0.5, 0.6) is 0 Å². The van der Waals surface area contributed by atoms with Gasteiger partial charge in [-0.3, -0.25) is 9.58 Å². The van der Waals surface area contributed by atoms with Gasteiger partial charge >= 0.3 is 0 Å². The lowest BCUT2D eigenvalue weighted by molar-refractivity contribution is 0.0744. The molecule has 1 aromatic rings. The van der Waals surface area contributed by atoms with Gasteiger partial charge in [-0.15, -0.1) is 24.0 Å². The second-order valence-electron chi connectivity index (χ2n) is 5.61. The van der Waals surface area contributed by atoms with Crippen molar-refractivity contribution in [2.24, 2.45) is 12.0 Å². The number of piperidine rings is 1. The number of hydrogen-bond donors (Lipinski definition) is 2. The van der Waals surface area contributed by atoms with E-state index in [1.165, 1.54) is 6.33 Å². The number of hydrogen-bond acceptors (Lipinski definition) is 4. The van der Waals surface area contributed by atoms with Crippen molar-refractivity contribution in [2.45, 2.75) is 38.8 Å². The summed E-state index contributed by atoms with van der Waals surface area (Å²) in [5.41, 5.74) is 0. The van der Waals surface area contributed by atoms with E-state index in [0.717, 1.165) is 31.2 Å². The minimum atomic E-state index is -2.26. The summed E-state index contributed by atoms with van der Waals surface area (Å²) in [4.78, 5) is 10.5. The molecule has 0 amide bonds. The molecular formula is C14H26F2IN7. The number of aromatic nitrogens is 3. The molecule has 1 aliphatic heterocycles. The molecule has 0 aliphatic carbocycles. The topological polar surface area (TPSA) is 70.4 Å². The van der Waals surface area contributed by atoms with Crippen LogP contribution >= 0.6 is 24.0 Å². The van der Waals surface area contributed by atoms with E-state index >= 15 is 0 Å². The zero-order valence-electron chi connectivity index (χ0n) is 14.1. The van der Waals surface area contributed by atoms with Crippen molar-refractivity contribution in [3.63, 3.8) is 0 Å². The molecule has 0 spiro atoms. The van der Waals surface area contributed by atoms with Gasteiger partial charge in [-0.25, -0.2) is 18.8 Å². The highest BCUT2D eigenvalue weighted by Crippen LogP contribution is 2.11. The number of likely N-dealkylation sites (tertiary alicyclic amines) is 1. The van der Waals surface area contributed by atoms with Gasteiger partial charge in [0, 0.05) is 32.7 Å². The lowest BCUT2D eigenvalue weighted by Gasteiger charge is -2.32. The zero-order valence-corrected chi connectivity index (χ0v) is 16.4. The molecule has 0 saturated carbocycles. The molecule has 1 aliphatic rings. The summed E-state index contributed by atoms with van der Waals surface area (Å²) in [6.45, 7) is 4.44. The molecule has 2 N–H and O–H groups in total. The highest BCUT2D eigenvalue weighted by Gasteiger charge is 2.21. The van der Waals surface area contributed by atoms with E-state index in [0.29, 0.717) is 19.6 Å². The van der Waals surface area contributed by atoms with Crippen LogP contribution in [-0.4, -0.2) is 64.3 Å². The first-order chi connectivity index (χ1) is 11.1. The molecule has 0 bridgehead atoms. The number of nitrogens with one attached hydrogen (secondary N) is 2. The van der Waals surface area contributed by atoms with Crippen LogP contribution in [0.25, 0.3) is 0 Å². The molecule has 0 aromatic carbocycles. The highest BCUT2D eigenvalue weighted by atomic mass is 127. The molecule has 1 saturated heterocycles. The van der Waals surface area contributed by atoms with Gasteiger partial charge in [0.25, 0.3) is 6.43 Å². The van der Waals surface area contributed by atoms with E-state index in [-0.39, 0.29) is 36.6 Å². The Morgan fingerprint density at radius 3 is 2.67 bits per heavy atom. The third-order valence-electron chi connectivity index (χ3n) is 3.85. The number of rotatable bonds is 6. The van der Waals surface area contributed by atoms with E-state index in [2.05, 4.69) is 25.7 Å². The molecule has 1 fully saturated rings. The Hall–Kier alpha value is -1.04. The lowest BCUT2D eigenvalue weighted by atomic mass is 10.1. The lowest BCUT2D eigenvalue weighted by Crippen LogP contribution is -2.49. The van der Waals surface area contributed by atoms with E-state index < -0.39 is 6.43 Å². The molecule has 138 valence electrons. The van der Waals surface area contributed by atoms with Gasteiger partial charge in [0.15, 0.2) is 5.96 Å². The fraction of sp³-hybridized carbons (Fsp3) is 0.786. The van der Waals surface area contributed by atoms with Gasteiger partial charge in [0.2, 0.25) is 0 Å². The predicted molar refractivity (Wildman–Crippen MR) is 99.8 cm³/mol. The minimum absolute atomic E-state index is 0. The largest absolute Gasteiger partial charge is 0.357 e. The van der Waals surface area contributed by atoms with Crippen molar-refractivity contribution in [3.8, 4) is 0 Å². The predicted octanol–water partition coefficient (Wildman–Crippen LogP) is 1.22. The molecule has 0 atom stereocenters. The van der Waals surface area contributed by atoms with Crippen LogP contribution in [0.3, 0.4) is 0 Å². The number of nitrogens with zero attached hydrogens (tertiary/aromatic N) is 5. The normalized spacial score (nSPS) is 17.0. The Labute approximate surface area is 158 Å². The average Bonchev–Trinajstić information content (AvgIpc) is 2.92. The summed E-state index contributed by atoms with van der Waals surface area (Å²) in [5.74, 6) is 1.51. The van der Waals surface area contributed by atoms with Crippen LogP contribution in [0.2, 0.25) is 0 Å². The standard InChI is InChI=1S/C14H25F2N7.HI/c1-3-17-14(18-8-13-19-10-20-22(13)2)21-11-4-6-23(7-5-11)9-12(15)16;/h10-12H,3-9H2,1-2H3,(H2,17,18,21);1H. The average molecular weight is 457 g/mol. The molecule has 1 aromatic heterocycles. The van der Waals surface area contributed by atoms with Gasteiger partial charge in [-0.1, -0.05) is 0 Å². The number of halogens is 3. The Morgan fingerprint density at radius 2 is 2.12 bits per heavy atom. The van der Waals surface area contributed by atoms with Crippen molar-refractivity contribution in [1.82, 2.24) is 30.3 Å². The molecule has 10 heteroatoms. The van der Waals surface area contributed by atoms with E-state index in [1.54, 1.807) is 4.68 Å². The summed E-state index contributed by atoms with van der Waals surface area (Å²) >= 11 is 0. The summed E-state index contributed by atoms with van der Waals surface area (Å²) in [6.07, 6.45) is 0.913. The molecule has 7 nitrogen and oxygen atoms in total. The Kier molecular flexibility index (Phi) is 9.41. The van der Waals surface area contributed by atoms with Crippen molar-refractivity contribution >= 4 is 29.9 Å².